The Bertz CT molecular complexity index is 732. The number of H-pyrrole nitrogens is 1. The van der Waals surface area contributed by atoms with Gasteiger partial charge in [0.05, 0.1) is 6.42 Å². The number of benzene rings is 1. The third kappa shape index (κ3) is 4.32. The van der Waals surface area contributed by atoms with Crippen molar-refractivity contribution in [3.8, 4) is 0 Å². The van der Waals surface area contributed by atoms with E-state index in [1.807, 2.05) is 42.3 Å². The van der Waals surface area contributed by atoms with Gasteiger partial charge in [0.25, 0.3) is 0 Å². The number of amides is 3. The molecule has 6 nitrogen and oxygen atoms in total. The van der Waals surface area contributed by atoms with Crippen LogP contribution in [0.15, 0.2) is 30.5 Å². The number of hydrogen-bond donors (Lipinski definition) is 3. The number of hydrogen-bond acceptors (Lipinski definition) is 2. The van der Waals surface area contributed by atoms with E-state index in [0.29, 0.717) is 26.1 Å². The van der Waals surface area contributed by atoms with Gasteiger partial charge in [0.1, 0.15) is 0 Å². The number of fused-ring (bicyclic) bond motifs is 1. The van der Waals surface area contributed by atoms with Crippen LogP contribution in [0.2, 0.25) is 0 Å². The van der Waals surface area contributed by atoms with Crippen LogP contribution in [0, 0.1) is 0 Å². The monoisotopic (exact) mass is 342 g/mol. The molecular formula is C19H26N4O2. The topological polar surface area (TPSA) is 77.2 Å². The largest absolute Gasteiger partial charge is 0.361 e. The number of urea groups is 1. The molecular weight excluding hydrogens is 316 g/mol. The molecule has 3 amide bonds. The summed E-state index contributed by atoms with van der Waals surface area (Å²) in [4.78, 5) is 29.4. The van der Waals surface area contributed by atoms with Gasteiger partial charge in [-0.3, -0.25) is 4.79 Å². The Morgan fingerprint density at radius 2 is 2.00 bits per heavy atom. The van der Waals surface area contributed by atoms with Crippen LogP contribution in [-0.4, -0.2) is 47.5 Å². The minimum Gasteiger partial charge on any atom is -0.361 e. The average Bonchev–Trinajstić information content (AvgIpc) is 3.03. The van der Waals surface area contributed by atoms with Gasteiger partial charge >= 0.3 is 6.03 Å². The van der Waals surface area contributed by atoms with E-state index in [2.05, 4.69) is 15.6 Å². The Balaban J connectivity index is 1.49. The normalized spacial score (nSPS) is 15.3. The second-order valence-corrected chi connectivity index (χ2v) is 6.59. The van der Waals surface area contributed by atoms with Crippen LogP contribution in [0.3, 0.4) is 0 Å². The van der Waals surface area contributed by atoms with Crippen molar-refractivity contribution in [2.24, 2.45) is 0 Å². The number of nitrogens with one attached hydrogen (secondary N) is 3. The Hall–Kier alpha value is -2.50. The molecule has 0 unspecified atom stereocenters. The molecule has 2 heterocycles. The molecule has 1 aromatic heterocycles. The van der Waals surface area contributed by atoms with E-state index in [-0.39, 0.29) is 18.0 Å². The Morgan fingerprint density at radius 3 is 2.76 bits per heavy atom. The molecule has 1 aromatic carbocycles. The van der Waals surface area contributed by atoms with Crippen LogP contribution >= 0.6 is 0 Å². The lowest BCUT2D eigenvalue weighted by atomic mass is 10.0. The summed E-state index contributed by atoms with van der Waals surface area (Å²) < 4.78 is 0. The molecule has 3 N–H and O–H groups in total. The van der Waals surface area contributed by atoms with Crippen molar-refractivity contribution in [2.75, 3.05) is 19.6 Å². The van der Waals surface area contributed by atoms with Gasteiger partial charge in [-0.1, -0.05) is 25.1 Å². The fourth-order valence-corrected chi connectivity index (χ4v) is 3.30. The van der Waals surface area contributed by atoms with Crippen molar-refractivity contribution in [3.63, 3.8) is 0 Å². The van der Waals surface area contributed by atoms with Crippen molar-refractivity contribution >= 4 is 22.8 Å². The molecule has 3 rings (SSSR count). The molecule has 1 aliphatic heterocycles. The van der Waals surface area contributed by atoms with E-state index in [9.17, 15) is 9.59 Å². The van der Waals surface area contributed by atoms with Crippen LogP contribution in [0.25, 0.3) is 10.9 Å². The minimum absolute atomic E-state index is 0.106. The number of aromatic nitrogens is 1. The standard InChI is InChI=1S/C19H26N4O2/c1-2-9-20-19(25)22-15-7-10-23(11-8-15)18(24)12-14-13-21-17-6-4-3-5-16(14)17/h3-6,13,15,21H,2,7-12H2,1H3,(H2,20,22,25). The van der Waals surface area contributed by atoms with Gasteiger partial charge in [0, 0.05) is 42.8 Å². The van der Waals surface area contributed by atoms with Crippen molar-refractivity contribution in [1.82, 2.24) is 20.5 Å². The highest BCUT2D eigenvalue weighted by Crippen LogP contribution is 2.19. The number of likely N-dealkylation sites (tertiary alicyclic amines) is 1. The van der Waals surface area contributed by atoms with Crippen molar-refractivity contribution in [2.45, 2.75) is 38.6 Å². The van der Waals surface area contributed by atoms with Crippen LogP contribution < -0.4 is 10.6 Å². The number of rotatable bonds is 5. The summed E-state index contributed by atoms with van der Waals surface area (Å²) in [5, 5.41) is 6.93. The molecule has 1 aliphatic rings. The van der Waals surface area contributed by atoms with Crippen molar-refractivity contribution < 1.29 is 9.59 Å². The molecule has 0 aliphatic carbocycles. The first-order valence-corrected chi connectivity index (χ1v) is 9.04. The summed E-state index contributed by atoms with van der Waals surface area (Å²) in [6.07, 6.45) is 4.88. The van der Waals surface area contributed by atoms with Crippen molar-refractivity contribution in [1.29, 1.82) is 0 Å². The molecule has 1 saturated heterocycles. The third-order valence-electron chi connectivity index (χ3n) is 4.74. The van der Waals surface area contributed by atoms with Crippen LogP contribution in [0.4, 0.5) is 4.79 Å². The number of aromatic amines is 1. The smallest absolute Gasteiger partial charge is 0.315 e. The lowest BCUT2D eigenvalue weighted by molar-refractivity contribution is -0.131. The van der Waals surface area contributed by atoms with Gasteiger partial charge in [0.2, 0.25) is 5.91 Å². The quantitative estimate of drug-likeness (QED) is 0.780. The molecule has 134 valence electrons. The highest BCUT2D eigenvalue weighted by molar-refractivity contribution is 5.88. The molecule has 2 aromatic rings. The molecule has 6 heteroatoms. The fourth-order valence-electron chi connectivity index (χ4n) is 3.30. The van der Waals surface area contributed by atoms with Gasteiger partial charge in [-0.2, -0.15) is 0 Å². The first-order valence-electron chi connectivity index (χ1n) is 9.04. The summed E-state index contributed by atoms with van der Waals surface area (Å²) in [6.45, 7) is 4.10. The molecule has 1 fully saturated rings. The second-order valence-electron chi connectivity index (χ2n) is 6.59. The van der Waals surface area contributed by atoms with E-state index in [0.717, 1.165) is 35.7 Å². The zero-order valence-corrected chi connectivity index (χ0v) is 14.7. The van der Waals surface area contributed by atoms with Gasteiger partial charge in [0.15, 0.2) is 0 Å². The van der Waals surface area contributed by atoms with Gasteiger partial charge < -0.3 is 20.5 Å². The number of carbonyl (C=O) groups is 2. The number of nitrogens with zero attached hydrogens (tertiary/aromatic N) is 1. The van der Waals surface area contributed by atoms with Gasteiger partial charge in [-0.05, 0) is 30.9 Å². The molecule has 0 atom stereocenters. The lowest BCUT2D eigenvalue weighted by Gasteiger charge is -2.32. The van der Waals surface area contributed by atoms with Crippen LogP contribution in [0.1, 0.15) is 31.7 Å². The van der Waals surface area contributed by atoms with Gasteiger partial charge in [-0.15, -0.1) is 0 Å². The number of para-hydroxylation sites is 1. The van der Waals surface area contributed by atoms with Crippen LogP contribution in [0.5, 0.6) is 0 Å². The summed E-state index contributed by atoms with van der Waals surface area (Å²) in [6, 6.07) is 8.08. The van der Waals surface area contributed by atoms with Gasteiger partial charge in [-0.25, -0.2) is 4.79 Å². The second kappa shape index (κ2) is 8.05. The van der Waals surface area contributed by atoms with E-state index in [1.54, 1.807) is 0 Å². The Morgan fingerprint density at radius 1 is 1.24 bits per heavy atom. The minimum atomic E-state index is -0.106. The maximum Gasteiger partial charge on any atom is 0.315 e. The highest BCUT2D eigenvalue weighted by Gasteiger charge is 2.24. The average molecular weight is 342 g/mol. The van der Waals surface area contributed by atoms with Crippen LogP contribution in [-0.2, 0) is 11.2 Å². The SMILES string of the molecule is CCCNC(=O)NC1CCN(C(=O)Cc2c[nH]c3ccccc23)CC1. The predicted octanol–water partition coefficient (Wildman–Crippen LogP) is 2.41. The molecule has 0 saturated carbocycles. The maximum absolute atomic E-state index is 12.6. The lowest BCUT2D eigenvalue weighted by Crippen LogP contribution is -2.49. The summed E-state index contributed by atoms with van der Waals surface area (Å²) in [5.41, 5.74) is 2.10. The van der Waals surface area contributed by atoms with E-state index >= 15 is 0 Å². The molecule has 25 heavy (non-hydrogen) atoms. The molecule has 0 bridgehead atoms. The number of carbonyl (C=O) groups excluding carboxylic acids is 2. The first-order chi connectivity index (χ1) is 12.2. The van der Waals surface area contributed by atoms with E-state index < -0.39 is 0 Å². The summed E-state index contributed by atoms with van der Waals surface area (Å²) in [7, 11) is 0. The predicted molar refractivity (Wildman–Crippen MR) is 98.4 cm³/mol. The summed E-state index contributed by atoms with van der Waals surface area (Å²) >= 11 is 0. The third-order valence-corrected chi connectivity index (χ3v) is 4.74. The maximum atomic E-state index is 12.6. The van der Waals surface area contributed by atoms with Crippen molar-refractivity contribution in [3.05, 3.63) is 36.0 Å². The number of piperidine rings is 1. The molecule has 0 radical (unpaired) electrons. The zero-order valence-electron chi connectivity index (χ0n) is 14.7. The van der Waals surface area contributed by atoms with E-state index in [4.69, 9.17) is 0 Å². The highest BCUT2D eigenvalue weighted by atomic mass is 16.2. The first kappa shape index (κ1) is 17.3. The molecule has 0 spiro atoms. The zero-order chi connectivity index (χ0) is 17.6. The Labute approximate surface area is 148 Å². The summed E-state index contributed by atoms with van der Waals surface area (Å²) in [5.74, 6) is 0.152. The fraction of sp³-hybridized carbons (Fsp3) is 0.474. The van der Waals surface area contributed by atoms with E-state index in [1.165, 1.54) is 0 Å². The Kier molecular flexibility index (Phi) is 5.58.